The van der Waals surface area contributed by atoms with E-state index in [1.54, 1.807) is 30.7 Å². The van der Waals surface area contributed by atoms with Crippen molar-refractivity contribution >= 4 is 40.5 Å². The predicted molar refractivity (Wildman–Crippen MR) is 116 cm³/mol. The molecule has 12 heteroatoms. The third-order valence-corrected chi connectivity index (χ3v) is 5.40. The van der Waals surface area contributed by atoms with E-state index in [0.717, 1.165) is 17.5 Å². The van der Waals surface area contributed by atoms with Gasteiger partial charge in [0.2, 0.25) is 5.91 Å². The van der Waals surface area contributed by atoms with Crippen LogP contribution in [0, 0.1) is 24.0 Å². The van der Waals surface area contributed by atoms with Crippen LogP contribution in [0.4, 0.5) is 11.4 Å². The fourth-order valence-electron chi connectivity index (χ4n) is 3.03. The van der Waals surface area contributed by atoms with Gasteiger partial charge in [0.1, 0.15) is 12.2 Å². The van der Waals surface area contributed by atoms with E-state index >= 15 is 0 Å². The maximum Gasteiger partial charge on any atom is 0.350 e. The highest BCUT2D eigenvalue weighted by Crippen LogP contribution is 2.28. The number of anilines is 1. The van der Waals surface area contributed by atoms with Crippen molar-refractivity contribution in [2.45, 2.75) is 33.4 Å². The van der Waals surface area contributed by atoms with Gasteiger partial charge in [0.05, 0.1) is 35.7 Å². The molecular weight excluding hydrogens is 447 g/mol. The first-order chi connectivity index (χ1) is 14.6. The lowest BCUT2D eigenvalue weighted by Crippen LogP contribution is -2.24. The van der Waals surface area contributed by atoms with Crippen LogP contribution in [0.3, 0.4) is 0 Å². The largest absolute Gasteiger partial charge is 0.475 e. The van der Waals surface area contributed by atoms with Gasteiger partial charge in [-0.2, -0.15) is 5.10 Å². The number of halogens is 2. The number of amides is 1. The number of methoxy groups -OCH3 is 1. The number of carbonyl (C=O) groups excluding carboxylic acids is 1. The monoisotopic (exact) mass is 466 g/mol. The summed E-state index contributed by atoms with van der Waals surface area (Å²) in [7, 11) is 1.28. The summed E-state index contributed by atoms with van der Waals surface area (Å²) in [5, 5.41) is 23.5. The van der Waals surface area contributed by atoms with E-state index in [9.17, 15) is 14.9 Å². The van der Waals surface area contributed by atoms with Crippen LogP contribution in [0.25, 0.3) is 0 Å². The summed E-state index contributed by atoms with van der Waals surface area (Å²) in [6.07, 6.45) is 1.16. The van der Waals surface area contributed by atoms with Gasteiger partial charge in [-0.3, -0.25) is 19.6 Å². The number of nitrogens with one attached hydrogen (secondary N) is 1. The van der Waals surface area contributed by atoms with Gasteiger partial charge in [-0.1, -0.05) is 29.3 Å². The zero-order chi connectivity index (χ0) is 22.9. The van der Waals surface area contributed by atoms with E-state index in [4.69, 9.17) is 27.9 Å². The molecule has 1 atom stereocenters. The molecule has 0 aliphatic heterocycles. The number of aryl methyl sites for hydroxylation is 1. The van der Waals surface area contributed by atoms with Gasteiger partial charge in [-0.05, 0) is 38.5 Å². The fraction of sp³-hybridized carbons (Fsp3) is 0.316. The Bertz CT molecular complexity index is 1160. The van der Waals surface area contributed by atoms with Crippen molar-refractivity contribution in [3.8, 4) is 5.88 Å². The van der Waals surface area contributed by atoms with Crippen LogP contribution < -0.4 is 10.1 Å². The zero-order valence-electron chi connectivity index (χ0n) is 17.2. The molecule has 0 saturated heterocycles. The summed E-state index contributed by atoms with van der Waals surface area (Å²) < 4.78 is 7.83. The molecule has 0 bridgehead atoms. The van der Waals surface area contributed by atoms with Gasteiger partial charge in [-0.25, -0.2) is 4.68 Å². The van der Waals surface area contributed by atoms with Crippen LogP contribution in [0.1, 0.15) is 29.9 Å². The Labute approximate surface area is 187 Å². The van der Waals surface area contributed by atoms with Crippen molar-refractivity contribution in [3.63, 3.8) is 0 Å². The summed E-state index contributed by atoms with van der Waals surface area (Å²) >= 11 is 12.2. The minimum Gasteiger partial charge on any atom is -0.475 e. The molecule has 3 aromatic rings. The molecular formula is C19H20Cl2N6O4. The number of nitrogens with zero attached hydrogens (tertiary/aromatic N) is 5. The third kappa shape index (κ3) is 4.64. The number of benzene rings is 1. The summed E-state index contributed by atoms with van der Waals surface area (Å²) in [6, 6.07) is 4.40. The van der Waals surface area contributed by atoms with E-state index in [1.807, 2.05) is 13.0 Å². The van der Waals surface area contributed by atoms with Gasteiger partial charge >= 0.3 is 11.6 Å². The smallest absolute Gasteiger partial charge is 0.350 e. The molecule has 3 rings (SSSR count). The van der Waals surface area contributed by atoms with E-state index in [0.29, 0.717) is 28.0 Å². The van der Waals surface area contributed by atoms with Gasteiger partial charge in [-0.15, -0.1) is 5.10 Å². The fourth-order valence-corrected chi connectivity index (χ4v) is 3.49. The zero-order valence-corrected chi connectivity index (χ0v) is 18.7. The van der Waals surface area contributed by atoms with E-state index in [-0.39, 0.29) is 11.6 Å². The maximum absolute atomic E-state index is 12.8. The van der Waals surface area contributed by atoms with Crippen LogP contribution in [-0.2, 0) is 11.3 Å². The first-order valence-electron chi connectivity index (χ1n) is 9.18. The summed E-state index contributed by atoms with van der Waals surface area (Å²) in [6.45, 7) is 5.58. The molecule has 1 aromatic carbocycles. The Kier molecular flexibility index (Phi) is 6.51. The minimum absolute atomic E-state index is 0.162. The Morgan fingerprint density at radius 1 is 1.32 bits per heavy atom. The highest BCUT2D eigenvalue weighted by atomic mass is 35.5. The van der Waals surface area contributed by atoms with Crippen LogP contribution in [0.15, 0.2) is 24.4 Å². The average Bonchev–Trinajstić information content (AvgIpc) is 3.26. The molecule has 10 nitrogen and oxygen atoms in total. The van der Waals surface area contributed by atoms with Gasteiger partial charge in [0, 0.05) is 10.0 Å². The number of rotatable bonds is 7. The Hall–Kier alpha value is -3.11. The van der Waals surface area contributed by atoms with Crippen LogP contribution in [0.2, 0.25) is 10.0 Å². The lowest BCUT2D eigenvalue weighted by Gasteiger charge is -2.13. The third-order valence-electron chi connectivity index (χ3n) is 4.81. The van der Waals surface area contributed by atoms with Crippen molar-refractivity contribution in [3.05, 3.63) is 61.5 Å². The molecule has 1 amide bonds. The van der Waals surface area contributed by atoms with Crippen molar-refractivity contribution in [2.75, 3.05) is 12.4 Å². The Morgan fingerprint density at radius 2 is 2.03 bits per heavy atom. The number of carbonyl (C=O) groups is 1. The summed E-state index contributed by atoms with van der Waals surface area (Å²) in [5.74, 6) is -0.569. The molecule has 2 heterocycles. The molecule has 1 N–H and O–H groups in total. The van der Waals surface area contributed by atoms with E-state index in [1.165, 1.54) is 11.8 Å². The summed E-state index contributed by atoms with van der Waals surface area (Å²) in [4.78, 5) is 23.3. The lowest BCUT2D eigenvalue weighted by molar-refractivity contribution is -0.385. The number of hydrogen-bond acceptors (Lipinski definition) is 6. The predicted octanol–water partition coefficient (Wildman–Crippen LogP) is 4.17. The Balaban J connectivity index is 1.81. The Morgan fingerprint density at radius 3 is 2.61 bits per heavy atom. The van der Waals surface area contributed by atoms with Crippen molar-refractivity contribution < 1.29 is 14.5 Å². The molecule has 2 aromatic heterocycles. The molecule has 1 unspecified atom stereocenters. The lowest BCUT2D eigenvalue weighted by atomic mass is 10.2. The maximum atomic E-state index is 12.8. The topological polar surface area (TPSA) is 117 Å². The number of ether oxygens (including phenoxy) is 1. The first-order valence-corrected chi connectivity index (χ1v) is 9.94. The van der Waals surface area contributed by atoms with Crippen LogP contribution in [-0.4, -0.2) is 37.5 Å². The summed E-state index contributed by atoms with van der Waals surface area (Å²) in [5.41, 5.74) is 2.41. The molecule has 31 heavy (non-hydrogen) atoms. The van der Waals surface area contributed by atoms with E-state index < -0.39 is 16.9 Å². The highest BCUT2D eigenvalue weighted by molar-refractivity contribution is 6.35. The highest BCUT2D eigenvalue weighted by Gasteiger charge is 2.26. The molecule has 0 aliphatic carbocycles. The number of hydrogen-bond donors (Lipinski definition) is 1. The molecule has 164 valence electrons. The van der Waals surface area contributed by atoms with Gasteiger partial charge in [0.15, 0.2) is 0 Å². The minimum atomic E-state index is -0.824. The number of nitro groups is 1. The van der Waals surface area contributed by atoms with Gasteiger partial charge < -0.3 is 10.1 Å². The van der Waals surface area contributed by atoms with Crippen LogP contribution in [0.5, 0.6) is 5.88 Å². The van der Waals surface area contributed by atoms with E-state index in [2.05, 4.69) is 15.5 Å². The second-order valence-electron chi connectivity index (χ2n) is 6.87. The standard InChI is InChI=1S/C19H20Cl2N6O4/c1-10-17(11(2)25(23-10)8-13-5-6-14(20)7-15(13)21)22-18(28)12(3)26-9-16(27(29)30)19(24-26)31-4/h5-7,9,12H,8H2,1-4H3,(H,22,28). The molecule has 0 fully saturated rings. The normalized spacial score (nSPS) is 11.9. The van der Waals surface area contributed by atoms with Crippen LogP contribution >= 0.6 is 23.2 Å². The van der Waals surface area contributed by atoms with Crippen molar-refractivity contribution in [1.29, 1.82) is 0 Å². The van der Waals surface area contributed by atoms with Crippen molar-refractivity contribution in [2.24, 2.45) is 0 Å². The van der Waals surface area contributed by atoms with Gasteiger partial charge in [0.25, 0.3) is 0 Å². The quantitative estimate of drug-likeness (QED) is 0.412. The SMILES string of the molecule is COc1nn(C(C)C(=O)Nc2c(C)nn(Cc3ccc(Cl)cc3Cl)c2C)cc1[N+](=O)[O-]. The van der Waals surface area contributed by atoms with Crippen molar-refractivity contribution in [1.82, 2.24) is 19.6 Å². The molecule has 0 spiro atoms. The molecule has 0 radical (unpaired) electrons. The number of aromatic nitrogens is 4. The average molecular weight is 467 g/mol. The first kappa shape index (κ1) is 22.6. The second kappa shape index (κ2) is 8.94. The molecule has 0 saturated carbocycles. The second-order valence-corrected chi connectivity index (χ2v) is 7.71. The molecule has 0 aliphatic rings.